The molecule has 0 aliphatic carbocycles. The van der Waals surface area contributed by atoms with Crippen molar-refractivity contribution in [3.63, 3.8) is 0 Å². The topological polar surface area (TPSA) is 40.5 Å². The van der Waals surface area contributed by atoms with Crippen LogP contribution in [0.1, 0.15) is 34.1 Å². The molecule has 0 radical (unpaired) electrons. The van der Waals surface area contributed by atoms with E-state index in [0.29, 0.717) is 5.92 Å². The summed E-state index contributed by atoms with van der Waals surface area (Å²) in [6, 6.07) is 0. The van der Waals surface area contributed by atoms with E-state index in [2.05, 4.69) is 13.8 Å². The summed E-state index contributed by atoms with van der Waals surface area (Å²) in [7, 11) is 0. The van der Waals surface area contributed by atoms with Crippen LogP contribution in [0.2, 0.25) is 0 Å². The van der Waals surface area contributed by atoms with Crippen LogP contribution >= 0.6 is 0 Å². The smallest absolute Gasteiger partial charge is 0.0641 e. The van der Waals surface area contributed by atoms with Gasteiger partial charge in [-0.2, -0.15) is 0 Å². The minimum atomic E-state index is -0.751. The third kappa shape index (κ3) is 4.38. The predicted molar refractivity (Wildman–Crippen MR) is 46.3 cm³/mol. The summed E-state index contributed by atoms with van der Waals surface area (Å²) < 4.78 is 0. The number of aliphatic hydroxyl groups is 2. The minimum Gasteiger partial charge on any atom is -0.396 e. The van der Waals surface area contributed by atoms with E-state index in [9.17, 15) is 5.11 Å². The molecule has 68 valence electrons. The van der Waals surface area contributed by atoms with Crippen LogP contribution in [0, 0.1) is 11.8 Å². The normalized spacial score (nSPS) is 15.5. The maximum absolute atomic E-state index is 9.57. The van der Waals surface area contributed by atoms with Gasteiger partial charge in [-0.1, -0.05) is 13.8 Å². The zero-order chi connectivity index (χ0) is 9.07. The molecule has 1 unspecified atom stereocenters. The minimum absolute atomic E-state index is 0.00231. The van der Waals surface area contributed by atoms with E-state index in [0.717, 1.165) is 6.42 Å². The van der Waals surface area contributed by atoms with Crippen molar-refractivity contribution in [1.82, 2.24) is 0 Å². The lowest BCUT2D eigenvalue weighted by Gasteiger charge is -2.28. The zero-order valence-electron chi connectivity index (χ0n) is 7.96. The van der Waals surface area contributed by atoms with Gasteiger partial charge in [-0.15, -0.1) is 0 Å². The Morgan fingerprint density at radius 2 is 1.73 bits per heavy atom. The summed E-state index contributed by atoms with van der Waals surface area (Å²) in [5, 5.41) is 18.5. The first kappa shape index (κ1) is 10.9. The highest BCUT2D eigenvalue weighted by atomic mass is 16.3. The maximum Gasteiger partial charge on any atom is 0.0641 e. The zero-order valence-corrected chi connectivity index (χ0v) is 7.96. The first-order valence-corrected chi connectivity index (χ1v) is 4.21. The largest absolute Gasteiger partial charge is 0.396 e. The van der Waals surface area contributed by atoms with Crippen LogP contribution in [0.3, 0.4) is 0 Å². The third-order valence-electron chi connectivity index (χ3n) is 1.98. The molecule has 0 bridgehead atoms. The maximum atomic E-state index is 9.57. The highest BCUT2D eigenvalue weighted by Gasteiger charge is 2.26. The Morgan fingerprint density at radius 3 is 1.82 bits per heavy atom. The molecule has 0 aliphatic rings. The summed E-state index contributed by atoms with van der Waals surface area (Å²) in [5.41, 5.74) is -0.751. The summed E-state index contributed by atoms with van der Waals surface area (Å²) in [4.78, 5) is 0. The lowest BCUT2D eigenvalue weighted by Crippen LogP contribution is -2.34. The Labute approximate surface area is 69.2 Å². The molecule has 0 fully saturated rings. The molecule has 0 aromatic carbocycles. The van der Waals surface area contributed by atoms with Gasteiger partial charge in [0.25, 0.3) is 0 Å². The Bertz CT molecular complexity index is 103. The van der Waals surface area contributed by atoms with Gasteiger partial charge in [0.05, 0.1) is 5.60 Å². The molecule has 1 atom stereocenters. The lowest BCUT2D eigenvalue weighted by atomic mass is 9.85. The van der Waals surface area contributed by atoms with E-state index in [1.807, 2.05) is 0 Å². The average Bonchev–Trinajstić information content (AvgIpc) is 1.79. The van der Waals surface area contributed by atoms with Gasteiger partial charge in [-0.05, 0) is 26.2 Å². The number of hydrogen-bond donors (Lipinski definition) is 2. The van der Waals surface area contributed by atoms with Gasteiger partial charge in [0.2, 0.25) is 0 Å². The highest BCUT2D eigenvalue weighted by Crippen LogP contribution is 2.22. The summed E-state index contributed by atoms with van der Waals surface area (Å²) >= 11 is 0. The van der Waals surface area contributed by atoms with Crippen molar-refractivity contribution < 1.29 is 10.2 Å². The molecule has 0 spiro atoms. The fourth-order valence-electron chi connectivity index (χ4n) is 1.16. The molecule has 11 heavy (non-hydrogen) atoms. The quantitative estimate of drug-likeness (QED) is 0.653. The van der Waals surface area contributed by atoms with Gasteiger partial charge in [-0.3, -0.25) is 0 Å². The molecule has 0 aromatic rings. The summed E-state index contributed by atoms with van der Waals surface area (Å²) in [6.07, 6.45) is 0.875. The predicted octanol–water partition coefficient (Wildman–Crippen LogP) is 1.41. The Hall–Kier alpha value is -0.0800. The molecule has 0 aliphatic heterocycles. The van der Waals surface area contributed by atoms with Gasteiger partial charge in [0.1, 0.15) is 0 Å². The van der Waals surface area contributed by atoms with Gasteiger partial charge in [-0.25, -0.2) is 0 Å². The van der Waals surface area contributed by atoms with Crippen molar-refractivity contribution in [2.24, 2.45) is 11.8 Å². The standard InChI is InChI=1S/C9H20O2/c1-7(2)5-8(6-10)9(3,4)11/h7-8,10-11H,5-6H2,1-4H3. The molecule has 2 nitrogen and oxygen atoms in total. The van der Waals surface area contributed by atoms with Crippen LogP contribution in [0.5, 0.6) is 0 Å². The molecule has 0 rings (SSSR count). The number of rotatable bonds is 4. The van der Waals surface area contributed by atoms with Crippen molar-refractivity contribution in [3.8, 4) is 0 Å². The van der Waals surface area contributed by atoms with Gasteiger partial charge >= 0.3 is 0 Å². The Kier molecular flexibility index (Phi) is 4.04. The monoisotopic (exact) mass is 160 g/mol. The molecule has 0 amide bonds. The lowest BCUT2D eigenvalue weighted by molar-refractivity contribution is -0.0173. The molecular weight excluding hydrogens is 140 g/mol. The van der Waals surface area contributed by atoms with Gasteiger partial charge in [0.15, 0.2) is 0 Å². The fraction of sp³-hybridized carbons (Fsp3) is 1.00. The summed E-state index contributed by atoms with van der Waals surface area (Å²) in [5.74, 6) is 0.529. The van der Waals surface area contributed by atoms with Crippen LogP contribution in [0.4, 0.5) is 0 Å². The average molecular weight is 160 g/mol. The SMILES string of the molecule is CC(C)CC(CO)C(C)(C)O. The second-order valence-electron chi connectivity index (χ2n) is 4.16. The highest BCUT2D eigenvalue weighted by molar-refractivity contribution is 4.77. The van der Waals surface area contributed by atoms with E-state index >= 15 is 0 Å². The second-order valence-corrected chi connectivity index (χ2v) is 4.16. The van der Waals surface area contributed by atoms with E-state index in [1.165, 1.54) is 0 Å². The molecule has 0 saturated heterocycles. The second kappa shape index (κ2) is 4.07. The molecule has 0 saturated carbocycles. The van der Waals surface area contributed by atoms with Crippen LogP contribution in [0.25, 0.3) is 0 Å². The van der Waals surface area contributed by atoms with Crippen molar-refractivity contribution in [2.45, 2.75) is 39.7 Å². The third-order valence-corrected chi connectivity index (χ3v) is 1.98. The number of hydrogen-bond acceptors (Lipinski definition) is 2. The van der Waals surface area contributed by atoms with Crippen molar-refractivity contribution in [1.29, 1.82) is 0 Å². The van der Waals surface area contributed by atoms with E-state index in [-0.39, 0.29) is 12.5 Å². The first-order valence-electron chi connectivity index (χ1n) is 4.21. The molecule has 0 aromatic heterocycles. The van der Waals surface area contributed by atoms with Crippen molar-refractivity contribution in [2.75, 3.05) is 6.61 Å². The van der Waals surface area contributed by atoms with Crippen LogP contribution < -0.4 is 0 Å². The molecule has 2 heteroatoms. The summed E-state index contributed by atoms with van der Waals surface area (Å²) in [6.45, 7) is 7.75. The van der Waals surface area contributed by atoms with E-state index in [1.54, 1.807) is 13.8 Å². The number of aliphatic hydroxyl groups excluding tert-OH is 1. The van der Waals surface area contributed by atoms with E-state index < -0.39 is 5.60 Å². The van der Waals surface area contributed by atoms with Crippen molar-refractivity contribution in [3.05, 3.63) is 0 Å². The van der Waals surface area contributed by atoms with Crippen LogP contribution in [-0.4, -0.2) is 22.4 Å². The Morgan fingerprint density at radius 1 is 1.27 bits per heavy atom. The first-order chi connectivity index (χ1) is 4.88. The van der Waals surface area contributed by atoms with Crippen LogP contribution in [0.15, 0.2) is 0 Å². The molecular formula is C9H20O2. The van der Waals surface area contributed by atoms with Gasteiger partial charge in [0, 0.05) is 12.5 Å². The van der Waals surface area contributed by atoms with E-state index in [4.69, 9.17) is 5.11 Å². The molecule has 0 heterocycles. The Balaban J connectivity index is 3.96. The van der Waals surface area contributed by atoms with Crippen LogP contribution in [-0.2, 0) is 0 Å². The van der Waals surface area contributed by atoms with Crippen molar-refractivity contribution >= 4 is 0 Å². The fourth-order valence-corrected chi connectivity index (χ4v) is 1.16. The molecule has 2 N–H and O–H groups in total. The van der Waals surface area contributed by atoms with Gasteiger partial charge < -0.3 is 10.2 Å².